The number of nitrogens with zero attached hydrogens (tertiary/aromatic N) is 1. The lowest BCUT2D eigenvalue weighted by Crippen LogP contribution is -2.32. The van der Waals surface area contributed by atoms with Crippen molar-refractivity contribution in [2.75, 3.05) is 7.11 Å². The van der Waals surface area contributed by atoms with Crippen LogP contribution in [0, 0.1) is 0 Å². The van der Waals surface area contributed by atoms with Gasteiger partial charge in [-0.15, -0.1) is 0 Å². The van der Waals surface area contributed by atoms with Gasteiger partial charge in [-0.2, -0.15) is 0 Å². The van der Waals surface area contributed by atoms with Gasteiger partial charge in [0.05, 0.1) is 13.3 Å². The van der Waals surface area contributed by atoms with Crippen molar-refractivity contribution >= 4 is 5.97 Å². The Kier molecular flexibility index (Phi) is 3.41. The number of rotatable bonds is 4. The number of methoxy groups -OCH3 is 1. The lowest BCUT2D eigenvalue weighted by Gasteiger charge is -2.06. The van der Waals surface area contributed by atoms with Gasteiger partial charge in [-0.05, 0) is 18.1 Å². The van der Waals surface area contributed by atoms with Crippen LogP contribution >= 0.6 is 0 Å². The van der Waals surface area contributed by atoms with E-state index in [2.05, 4.69) is 4.98 Å². The zero-order chi connectivity index (χ0) is 10.6. The van der Waals surface area contributed by atoms with E-state index in [-0.39, 0.29) is 6.42 Å². The molecule has 0 aliphatic rings. The molecule has 3 N–H and O–H groups in total. The number of hydrogen-bond donors (Lipinski definition) is 2. The second kappa shape index (κ2) is 4.57. The Bertz CT molecular complexity index is 328. The normalized spacial score (nSPS) is 12.1. The van der Waals surface area contributed by atoms with E-state index in [1.807, 2.05) is 0 Å². The predicted octanol–water partition coefficient (Wildman–Crippen LogP) is 0.0446. The molecule has 5 nitrogen and oxygen atoms in total. The minimum absolute atomic E-state index is 0.250. The molecular formula is C9H12N2O3. The van der Waals surface area contributed by atoms with Crippen molar-refractivity contribution in [1.82, 2.24) is 4.98 Å². The van der Waals surface area contributed by atoms with Crippen molar-refractivity contribution in [3.05, 3.63) is 24.0 Å². The van der Waals surface area contributed by atoms with E-state index in [1.165, 1.54) is 7.11 Å². The zero-order valence-electron chi connectivity index (χ0n) is 7.80. The summed E-state index contributed by atoms with van der Waals surface area (Å²) in [6, 6.07) is 0.819. The molecule has 14 heavy (non-hydrogen) atoms. The van der Waals surface area contributed by atoms with Crippen LogP contribution in [-0.4, -0.2) is 29.2 Å². The molecule has 0 unspecified atom stereocenters. The highest BCUT2D eigenvalue weighted by atomic mass is 16.5. The first-order valence-corrected chi connectivity index (χ1v) is 4.10. The van der Waals surface area contributed by atoms with E-state index in [1.54, 1.807) is 18.5 Å². The van der Waals surface area contributed by atoms with Gasteiger partial charge in [0, 0.05) is 6.20 Å². The molecule has 1 rings (SSSR count). The first-order chi connectivity index (χ1) is 6.63. The largest absolute Gasteiger partial charge is 0.495 e. The van der Waals surface area contributed by atoms with Gasteiger partial charge in [0.15, 0.2) is 0 Å². The van der Waals surface area contributed by atoms with Gasteiger partial charge in [-0.25, -0.2) is 0 Å². The van der Waals surface area contributed by atoms with Crippen LogP contribution in [0.4, 0.5) is 0 Å². The molecule has 0 fully saturated rings. The third kappa shape index (κ3) is 2.70. The molecule has 0 spiro atoms. The highest BCUT2D eigenvalue weighted by molar-refractivity contribution is 5.73. The van der Waals surface area contributed by atoms with Gasteiger partial charge in [-0.1, -0.05) is 0 Å². The average Bonchev–Trinajstić information content (AvgIpc) is 2.18. The van der Waals surface area contributed by atoms with E-state index in [0.717, 1.165) is 5.56 Å². The summed E-state index contributed by atoms with van der Waals surface area (Å²) < 4.78 is 4.95. The number of carboxylic acid groups (broad SMARTS) is 1. The van der Waals surface area contributed by atoms with Crippen LogP contribution in [0.25, 0.3) is 0 Å². The molecule has 0 saturated carbocycles. The summed E-state index contributed by atoms with van der Waals surface area (Å²) in [5.41, 5.74) is 6.12. The maximum absolute atomic E-state index is 10.5. The molecule has 76 valence electrons. The molecular weight excluding hydrogens is 184 g/mol. The third-order valence-corrected chi connectivity index (χ3v) is 1.78. The van der Waals surface area contributed by atoms with Crippen molar-refractivity contribution in [1.29, 1.82) is 0 Å². The fraction of sp³-hybridized carbons (Fsp3) is 0.333. The molecule has 0 aromatic carbocycles. The van der Waals surface area contributed by atoms with Crippen molar-refractivity contribution in [3.63, 3.8) is 0 Å². The third-order valence-electron chi connectivity index (χ3n) is 1.78. The minimum atomic E-state index is -1.02. The summed E-state index contributed by atoms with van der Waals surface area (Å²) in [4.78, 5) is 14.4. The van der Waals surface area contributed by atoms with Gasteiger partial charge in [-0.3, -0.25) is 9.78 Å². The quantitative estimate of drug-likeness (QED) is 0.710. The molecule has 0 saturated heterocycles. The molecule has 0 amide bonds. The monoisotopic (exact) mass is 196 g/mol. The second-order valence-electron chi connectivity index (χ2n) is 2.88. The fourth-order valence-corrected chi connectivity index (χ4v) is 1.03. The summed E-state index contributed by atoms with van der Waals surface area (Å²) in [6.45, 7) is 0. The van der Waals surface area contributed by atoms with Gasteiger partial charge in [0.2, 0.25) is 0 Å². The number of carboxylic acids is 1. The molecule has 1 aromatic heterocycles. The van der Waals surface area contributed by atoms with E-state index in [4.69, 9.17) is 15.6 Å². The fourth-order valence-electron chi connectivity index (χ4n) is 1.03. The summed E-state index contributed by atoms with van der Waals surface area (Å²) >= 11 is 0. The van der Waals surface area contributed by atoms with E-state index in [9.17, 15) is 4.79 Å². The van der Waals surface area contributed by atoms with Crippen molar-refractivity contribution in [2.24, 2.45) is 5.73 Å². The van der Waals surface area contributed by atoms with Crippen LogP contribution in [0.3, 0.4) is 0 Å². The molecule has 1 heterocycles. The van der Waals surface area contributed by atoms with Crippen LogP contribution in [0.15, 0.2) is 18.5 Å². The Labute approximate surface area is 81.5 Å². The Morgan fingerprint density at radius 1 is 1.71 bits per heavy atom. The van der Waals surface area contributed by atoms with Crippen LogP contribution in [0.1, 0.15) is 5.56 Å². The van der Waals surface area contributed by atoms with Crippen LogP contribution < -0.4 is 10.5 Å². The summed E-state index contributed by atoms with van der Waals surface area (Å²) in [5, 5.41) is 8.59. The van der Waals surface area contributed by atoms with E-state index < -0.39 is 12.0 Å². The number of aliphatic carboxylic acids is 1. The smallest absolute Gasteiger partial charge is 0.320 e. The molecule has 0 bridgehead atoms. The molecule has 0 aliphatic carbocycles. The molecule has 5 heteroatoms. The Balaban J connectivity index is 2.71. The zero-order valence-corrected chi connectivity index (χ0v) is 7.80. The second-order valence-corrected chi connectivity index (χ2v) is 2.88. The van der Waals surface area contributed by atoms with Crippen molar-refractivity contribution < 1.29 is 14.6 Å². The topological polar surface area (TPSA) is 85.4 Å². The lowest BCUT2D eigenvalue weighted by molar-refractivity contribution is -0.138. The first kappa shape index (κ1) is 10.5. The van der Waals surface area contributed by atoms with Crippen LogP contribution in [0.5, 0.6) is 5.75 Å². The molecule has 0 aliphatic heterocycles. The maximum Gasteiger partial charge on any atom is 0.320 e. The highest BCUT2D eigenvalue weighted by Gasteiger charge is 2.12. The number of carbonyl (C=O) groups is 1. The van der Waals surface area contributed by atoms with Gasteiger partial charge >= 0.3 is 5.97 Å². The molecule has 0 radical (unpaired) electrons. The lowest BCUT2D eigenvalue weighted by atomic mass is 10.1. The Morgan fingerprint density at radius 3 is 3.00 bits per heavy atom. The van der Waals surface area contributed by atoms with Gasteiger partial charge < -0.3 is 15.6 Å². The minimum Gasteiger partial charge on any atom is -0.495 e. The average molecular weight is 196 g/mol. The Morgan fingerprint density at radius 2 is 2.43 bits per heavy atom. The van der Waals surface area contributed by atoms with E-state index >= 15 is 0 Å². The van der Waals surface area contributed by atoms with Gasteiger partial charge in [0.25, 0.3) is 0 Å². The first-order valence-electron chi connectivity index (χ1n) is 4.10. The standard InChI is InChI=1S/C9H12N2O3/c1-14-7-2-6(4-11-5-7)3-8(10)9(12)13/h2,4-5,8H,3,10H2,1H3,(H,12,13)/t8-/m1/s1. The predicted molar refractivity (Wildman–Crippen MR) is 50.1 cm³/mol. The molecule has 1 aromatic rings. The van der Waals surface area contributed by atoms with E-state index in [0.29, 0.717) is 5.75 Å². The SMILES string of the molecule is COc1cncc(C[C@@H](N)C(=O)O)c1. The van der Waals surface area contributed by atoms with Crippen LogP contribution in [0.2, 0.25) is 0 Å². The maximum atomic E-state index is 10.5. The summed E-state index contributed by atoms with van der Waals surface area (Å²) in [6.07, 6.45) is 3.38. The highest BCUT2D eigenvalue weighted by Crippen LogP contribution is 2.11. The van der Waals surface area contributed by atoms with Crippen LogP contribution in [-0.2, 0) is 11.2 Å². The summed E-state index contributed by atoms with van der Waals surface area (Å²) in [7, 11) is 1.53. The van der Waals surface area contributed by atoms with Gasteiger partial charge in [0.1, 0.15) is 11.8 Å². The number of hydrogen-bond acceptors (Lipinski definition) is 4. The number of nitrogens with two attached hydrogens (primary N) is 1. The molecule has 1 atom stereocenters. The number of ether oxygens (including phenoxy) is 1. The Hall–Kier alpha value is -1.62. The summed E-state index contributed by atoms with van der Waals surface area (Å²) in [5.74, 6) is -0.423. The van der Waals surface area contributed by atoms with Crippen molar-refractivity contribution in [3.8, 4) is 5.75 Å². The number of pyridine rings is 1. The number of aromatic nitrogens is 1. The van der Waals surface area contributed by atoms with Crippen molar-refractivity contribution in [2.45, 2.75) is 12.5 Å².